The molecule has 1 aromatic rings. The maximum Gasteiger partial charge on any atom is 0.256 e. The molecule has 0 spiro atoms. The van der Waals surface area contributed by atoms with Crippen molar-refractivity contribution in [1.29, 1.82) is 0 Å². The van der Waals surface area contributed by atoms with Gasteiger partial charge in [-0.05, 0) is 38.5 Å². The van der Waals surface area contributed by atoms with Crippen molar-refractivity contribution in [2.24, 2.45) is 0 Å². The van der Waals surface area contributed by atoms with E-state index in [0.29, 0.717) is 12.0 Å². The molecule has 0 bridgehead atoms. The maximum absolute atomic E-state index is 12.9. The summed E-state index contributed by atoms with van der Waals surface area (Å²) < 4.78 is 5.73. The van der Waals surface area contributed by atoms with E-state index in [-0.39, 0.29) is 24.0 Å². The lowest BCUT2D eigenvalue weighted by molar-refractivity contribution is -0.139. The van der Waals surface area contributed by atoms with E-state index < -0.39 is 0 Å². The number of nitrogens with zero attached hydrogens (tertiary/aromatic N) is 3. The fraction of sp³-hybridized carbons (Fsp3) is 0.722. The molecule has 2 atom stereocenters. The van der Waals surface area contributed by atoms with Gasteiger partial charge < -0.3 is 14.5 Å². The molecule has 7 nitrogen and oxygen atoms in total. The van der Waals surface area contributed by atoms with E-state index in [1.54, 1.807) is 25.2 Å². The first-order chi connectivity index (χ1) is 12.1. The van der Waals surface area contributed by atoms with E-state index in [9.17, 15) is 9.59 Å². The number of carbonyl (C=O) groups excluding carboxylic acids is 2. The third-order valence-corrected chi connectivity index (χ3v) is 5.14. The predicted octanol–water partition coefficient (Wildman–Crippen LogP) is 2.12. The van der Waals surface area contributed by atoms with Crippen LogP contribution in [0, 0.1) is 0 Å². The molecule has 2 fully saturated rings. The number of aromatic amines is 1. The van der Waals surface area contributed by atoms with E-state index in [1.807, 2.05) is 4.90 Å². The van der Waals surface area contributed by atoms with E-state index in [0.717, 1.165) is 57.4 Å². The fourth-order valence-corrected chi connectivity index (χ4v) is 3.77. The van der Waals surface area contributed by atoms with Gasteiger partial charge in [0.1, 0.15) is 0 Å². The first-order valence-corrected chi connectivity index (χ1v) is 9.24. The zero-order chi connectivity index (χ0) is 17.8. The second-order valence-electron chi connectivity index (χ2n) is 7.19. The number of ether oxygens (including phenoxy) is 1. The summed E-state index contributed by atoms with van der Waals surface area (Å²) in [4.78, 5) is 28.8. The molecule has 2 saturated heterocycles. The molecule has 0 aliphatic carbocycles. The molecule has 0 unspecified atom stereocenters. The van der Waals surface area contributed by atoms with Gasteiger partial charge in [-0.25, -0.2) is 0 Å². The molecular formula is C18H28N4O3. The molecule has 25 heavy (non-hydrogen) atoms. The summed E-state index contributed by atoms with van der Waals surface area (Å²) in [5.41, 5.74) is 1.32. The van der Waals surface area contributed by atoms with E-state index in [4.69, 9.17) is 4.74 Å². The number of nitrogens with one attached hydrogen (secondary N) is 1. The van der Waals surface area contributed by atoms with Gasteiger partial charge in [-0.1, -0.05) is 0 Å². The number of hydrogen-bond acceptors (Lipinski definition) is 4. The average Bonchev–Trinajstić information content (AvgIpc) is 3.11. The average molecular weight is 348 g/mol. The van der Waals surface area contributed by atoms with E-state index in [1.165, 1.54) is 0 Å². The first kappa shape index (κ1) is 17.9. The molecule has 2 amide bonds. The second kappa shape index (κ2) is 7.99. The summed E-state index contributed by atoms with van der Waals surface area (Å²) in [7, 11) is 3.45. The topological polar surface area (TPSA) is 78.5 Å². The molecule has 0 radical (unpaired) electrons. The van der Waals surface area contributed by atoms with Crippen molar-refractivity contribution in [3.63, 3.8) is 0 Å². The predicted molar refractivity (Wildman–Crippen MR) is 93.1 cm³/mol. The third-order valence-electron chi connectivity index (χ3n) is 5.14. The molecule has 1 N–H and O–H groups in total. The second-order valence-corrected chi connectivity index (χ2v) is 7.19. The van der Waals surface area contributed by atoms with Crippen LogP contribution in [0.15, 0.2) is 6.20 Å². The summed E-state index contributed by atoms with van der Waals surface area (Å²) in [6.07, 6.45) is 8.10. The summed E-state index contributed by atoms with van der Waals surface area (Å²) in [5.74, 6) is 0.0341. The van der Waals surface area contributed by atoms with Gasteiger partial charge in [0.15, 0.2) is 0 Å². The summed E-state index contributed by atoms with van der Waals surface area (Å²) in [6.45, 7) is 1.48. The molecule has 138 valence electrons. The van der Waals surface area contributed by atoms with Gasteiger partial charge in [-0.3, -0.25) is 14.7 Å². The summed E-state index contributed by atoms with van der Waals surface area (Å²) in [6, 6.07) is -0.105. The van der Waals surface area contributed by atoms with E-state index >= 15 is 0 Å². The minimum Gasteiger partial charge on any atom is -0.378 e. The van der Waals surface area contributed by atoms with Gasteiger partial charge in [0.05, 0.1) is 36.0 Å². The normalized spacial score (nSPS) is 24.2. The van der Waals surface area contributed by atoms with E-state index in [2.05, 4.69) is 10.2 Å². The number of H-pyrrole nitrogens is 1. The van der Waals surface area contributed by atoms with Crippen molar-refractivity contribution in [3.8, 4) is 0 Å². The van der Waals surface area contributed by atoms with Crippen LogP contribution < -0.4 is 0 Å². The van der Waals surface area contributed by atoms with Gasteiger partial charge in [0.25, 0.3) is 5.91 Å². The highest BCUT2D eigenvalue weighted by molar-refractivity contribution is 5.95. The van der Waals surface area contributed by atoms with Crippen molar-refractivity contribution in [1.82, 2.24) is 20.0 Å². The largest absolute Gasteiger partial charge is 0.378 e. The SMILES string of the molecule is CN(C)C(=O)c1cn[nH]c1[C@@H]1CCCCN1C(=O)C[C@H]1CCCCO1. The minimum absolute atomic E-state index is 0.0356. The Morgan fingerprint density at radius 1 is 1.28 bits per heavy atom. The number of amides is 2. The maximum atomic E-state index is 12.9. The number of carbonyl (C=O) groups is 2. The monoisotopic (exact) mass is 348 g/mol. The first-order valence-electron chi connectivity index (χ1n) is 9.24. The highest BCUT2D eigenvalue weighted by atomic mass is 16.5. The molecule has 3 heterocycles. The zero-order valence-corrected chi connectivity index (χ0v) is 15.2. The Balaban J connectivity index is 1.76. The van der Waals surface area contributed by atoms with Crippen LogP contribution in [0.25, 0.3) is 0 Å². The van der Waals surface area contributed by atoms with Gasteiger partial charge >= 0.3 is 0 Å². The number of likely N-dealkylation sites (tertiary alicyclic amines) is 1. The molecule has 2 aliphatic heterocycles. The molecular weight excluding hydrogens is 320 g/mol. The van der Waals surface area contributed by atoms with Gasteiger partial charge in [0.2, 0.25) is 5.91 Å². The van der Waals surface area contributed by atoms with Crippen LogP contribution in [0.3, 0.4) is 0 Å². The number of hydrogen-bond donors (Lipinski definition) is 1. The lowest BCUT2D eigenvalue weighted by atomic mass is 9.95. The van der Waals surface area contributed by atoms with Crippen LogP contribution in [0.2, 0.25) is 0 Å². The van der Waals surface area contributed by atoms with Crippen LogP contribution in [0.1, 0.15) is 67.0 Å². The summed E-state index contributed by atoms with van der Waals surface area (Å²) >= 11 is 0. The Morgan fingerprint density at radius 2 is 2.08 bits per heavy atom. The van der Waals surface area contributed by atoms with Crippen molar-refractivity contribution in [3.05, 3.63) is 17.5 Å². The Morgan fingerprint density at radius 3 is 2.80 bits per heavy atom. The molecule has 7 heteroatoms. The molecule has 0 aromatic carbocycles. The van der Waals surface area contributed by atoms with Crippen LogP contribution in [0.5, 0.6) is 0 Å². The van der Waals surface area contributed by atoms with Gasteiger partial charge in [0, 0.05) is 27.2 Å². The van der Waals surface area contributed by atoms with Crippen molar-refractivity contribution >= 4 is 11.8 Å². The Bertz CT molecular complexity index is 607. The highest BCUT2D eigenvalue weighted by Gasteiger charge is 2.33. The quantitative estimate of drug-likeness (QED) is 0.904. The van der Waals surface area contributed by atoms with Crippen molar-refractivity contribution in [2.45, 2.75) is 57.1 Å². The van der Waals surface area contributed by atoms with Gasteiger partial charge in [-0.2, -0.15) is 5.10 Å². The number of piperidine rings is 1. The van der Waals surface area contributed by atoms with Crippen molar-refractivity contribution in [2.75, 3.05) is 27.2 Å². The molecule has 0 saturated carbocycles. The Hall–Kier alpha value is -1.89. The summed E-state index contributed by atoms with van der Waals surface area (Å²) in [5, 5.41) is 7.05. The van der Waals surface area contributed by atoms with Crippen LogP contribution in [-0.2, 0) is 9.53 Å². The molecule has 1 aromatic heterocycles. The standard InChI is InChI=1S/C18H28N4O3/c1-21(2)18(24)14-12-19-20-17(14)15-8-3-5-9-22(15)16(23)11-13-7-4-6-10-25-13/h12-13,15H,3-11H2,1-2H3,(H,19,20)/t13-,15+/m1/s1. The Labute approximate surface area is 148 Å². The number of aromatic nitrogens is 2. The van der Waals surface area contributed by atoms with Crippen molar-refractivity contribution < 1.29 is 14.3 Å². The van der Waals surface area contributed by atoms with Crippen LogP contribution in [-0.4, -0.2) is 65.2 Å². The fourth-order valence-electron chi connectivity index (χ4n) is 3.77. The van der Waals surface area contributed by atoms with Crippen LogP contribution >= 0.6 is 0 Å². The number of rotatable bonds is 4. The zero-order valence-electron chi connectivity index (χ0n) is 15.2. The lowest BCUT2D eigenvalue weighted by Gasteiger charge is -2.37. The molecule has 3 rings (SSSR count). The minimum atomic E-state index is -0.105. The third kappa shape index (κ3) is 4.03. The Kier molecular flexibility index (Phi) is 5.73. The molecule has 2 aliphatic rings. The highest BCUT2D eigenvalue weighted by Crippen LogP contribution is 2.33. The van der Waals surface area contributed by atoms with Crippen LogP contribution in [0.4, 0.5) is 0 Å². The van der Waals surface area contributed by atoms with Gasteiger partial charge in [-0.15, -0.1) is 0 Å². The smallest absolute Gasteiger partial charge is 0.256 e. The lowest BCUT2D eigenvalue weighted by Crippen LogP contribution is -2.41.